The Balaban J connectivity index is 1.89. The van der Waals surface area contributed by atoms with Crippen LogP contribution in [0.4, 0.5) is 0 Å². The maximum absolute atomic E-state index is 3.75. The van der Waals surface area contributed by atoms with Crippen LogP contribution in [0.15, 0.2) is 42.5 Å². The predicted molar refractivity (Wildman–Crippen MR) is 82.3 cm³/mol. The topological polar surface area (TPSA) is 12.0 Å². The molecule has 0 amide bonds. The minimum atomic E-state index is 0.554. The molecule has 2 aromatic rings. The van der Waals surface area contributed by atoms with E-state index in [1.807, 2.05) is 0 Å². The van der Waals surface area contributed by atoms with Crippen molar-refractivity contribution in [2.75, 3.05) is 6.54 Å². The molecule has 1 aliphatic carbocycles. The number of rotatable bonds is 5. The summed E-state index contributed by atoms with van der Waals surface area (Å²) in [6.45, 7) is 3.36. The van der Waals surface area contributed by atoms with Crippen LogP contribution in [0.5, 0.6) is 0 Å². The van der Waals surface area contributed by atoms with Crippen LogP contribution in [-0.4, -0.2) is 6.54 Å². The molecule has 0 bridgehead atoms. The largest absolute Gasteiger partial charge is 0.310 e. The molecule has 1 unspecified atom stereocenters. The maximum atomic E-state index is 3.75. The summed E-state index contributed by atoms with van der Waals surface area (Å²) in [6, 6.07) is 16.2. The molecule has 0 heterocycles. The van der Waals surface area contributed by atoms with Crippen molar-refractivity contribution in [2.24, 2.45) is 5.92 Å². The summed E-state index contributed by atoms with van der Waals surface area (Å²) < 4.78 is 0. The van der Waals surface area contributed by atoms with E-state index in [1.165, 1.54) is 42.0 Å². The Kier molecular flexibility index (Phi) is 3.84. The van der Waals surface area contributed by atoms with Crippen molar-refractivity contribution in [3.63, 3.8) is 0 Å². The number of hydrogen-bond acceptors (Lipinski definition) is 1. The molecule has 1 N–H and O–H groups in total. The first kappa shape index (κ1) is 12.7. The van der Waals surface area contributed by atoms with Gasteiger partial charge in [0.15, 0.2) is 0 Å². The Morgan fingerprint density at radius 2 is 1.89 bits per heavy atom. The molecule has 1 fully saturated rings. The Hall–Kier alpha value is -1.34. The summed E-state index contributed by atoms with van der Waals surface area (Å²) in [5.41, 5.74) is 1.47. The number of nitrogens with one attached hydrogen (secondary N) is 1. The maximum Gasteiger partial charge on any atom is 0.0348 e. The average molecular weight is 253 g/mol. The molecule has 2 aromatic carbocycles. The lowest BCUT2D eigenvalue weighted by Gasteiger charge is -2.35. The Labute approximate surface area is 116 Å². The predicted octanol–water partition coefficient (Wildman–Crippen LogP) is 4.68. The second kappa shape index (κ2) is 5.75. The highest BCUT2D eigenvalue weighted by molar-refractivity contribution is 5.83. The van der Waals surface area contributed by atoms with E-state index < -0.39 is 0 Å². The molecule has 0 aromatic heterocycles. The van der Waals surface area contributed by atoms with Crippen LogP contribution in [0.3, 0.4) is 0 Å². The standard InChI is InChI=1S/C18H23N/c1-2-12-19-18(15-8-5-9-15)17-11-10-14-6-3-4-7-16(14)13-17/h3-4,6-7,10-11,13,15,18-19H,2,5,8-9,12H2,1H3. The SMILES string of the molecule is CCCNC(c1ccc2ccccc2c1)C1CCC1. The second-order valence-electron chi connectivity index (χ2n) is 5.73. The van der Waals surface area contributed by atoms with Crippen LogP contribution in [0.1, 0.15) is 44.2 Å². The zero-order chi connectivity index (χ0) is 13.1. The van der Waals surface area contributed by atoms with Gasteiger partial charge in [-0.05, 0) is 54.1 Å². The number of hydrogen-bond donors (Lipinski definition) is 1. The van der Waals surface area contributed by atoms with E-state index in [-0.39, 0.29) is 0 Å². The highest BCUT2D eigenvalue weighted by atomic mass is 14.9. The average Bonchev–Trinajstić information content (AvgIpc) is 2.40. The first-order valence-electron chi connectivity index (χ1n) is 7.60. The van der Waals surface area contributed by atoms with E-state index >= 15 is 0 Å². The van der Waals surface area contributed by atoms with Gasteiger partial charge in [0, 0.05) is 6.04 Å². The van der Waals surface area contributed by atoms with Crippen molar-refractivity contribution < 1.29 is 0 Å². The zero-order valence-corrected chi connectivity index (χ0v) is 11.7. The highest BCUT2D eigenvalue weighted by Gasteiger charge is 2.27. The monoisotopic (exact) mass is 253 g/mol. The summed E-state index contributed by atoms with van der Waals surface area (Å²) in [5.74, 6) is 0.840. The van der Waals surface area contributed by atoms with Gasteiger partial charge in [0.25, 0.3) is 0 Å². The van der Waals surface area contributed by atoms with Crippen molar-refractivity contribution in [1.82, 2.24) is 5.32 Å². The van der Waals surface area contributed by atoms with Gasteiger partial charge in [-0.1, -0.05) is 49.7 Å². The van der Waals surface area contributed by atoms with E-state index in [9.17, 15) is 0 Å². The molecular formula is C18H23N. The molecule has 19 heavy (non-hydrogen) atoms. The Bertz CT molecular complexity index is 542. The van der Waals surface area contributed by atoms with Crippen molar-refractivity contribution in [1.29, 1.82) is 0 Å². The summed E-state index contributed by atoms with van der Waals surface area (Å²) in [6.07, 6.45) is 5.38. The summed E-state index contributed by atoms with van der Waals surface area (Å²) in [4.78, 5) is 0. The summed E-state index contributed by atoms with van der Waals surface area (Å²) >= 11 is 0. The van der Waals surface area contributed by atoms with Gasteiger partial charge in [0.2, 0.25) is 0 Å². The molecule has 1 saturated carbocycles. The van der Waals surface area contributed by atoms with Gasteiger partial charge >= 0.3 is 0 Å². The third-order valence-corrected chi connectivity index (χ3v) is 4.37. The quantitative estimate of drug-likeness (QED) is 0.815. The fourth-order valence-electron chi connectivity index (χ4n) is 3.03. The molecule has 0 aliphatic heterocycles. The smallest absolute Gasteiger partial charge is 0.0348 e. The first-order chi connectivity index (χ1) is 9.38. The number of fused-ring (bicyclic) bond motifs is 1. The van der Waals surface area contributed by atoms with Crippen LogP contribution >= 0.6 is 0 Å². The molecule has 1 nitrogen and oxygen atoms in total. The summed E-state index contributed by atoms with van der Waals surface area (Å²) in [5, 5.41) is 6.46. The van der Waals surface area contributed by atoms with Gasteiger partial charge in [-0.15, -0.1) is 0 Å². The molecule has 1 atom stereocenters. The zero-order valence-electron chi connectivity index (χ0n) is 11.7. The molecule has 0 radical (unpaired) electrons. The van der Waals surface area contributed by atoms with Gasteiger partial charge < -0.3 is 5.32 Å². The summed E-state index contributed by atoms with van der Waals surface area (Å²) in [7, 11) is 0. The lowest BCUT2D eigenvalue weighted by molar-refractivity contribution is 0.231. The first-order valence-corrected chi connectivity index (χ1v) is 7.60. The van der Waals surface area contributed by atoms with E-state index in [0.29, 0.717) is 6.04 Å². The Morgan fingerprint density at radius 1 is 1.11 bits per heavy atom. The van der Waals surface area contributed by atoms with Crippen molar-refractivity contribution in [3.05, 3.63) is 48.0 Å². The van der Waals surface area contributed by atoms with E-state index in [0.717, 1.165) is 12.5 Å². The van der Waals surface area contributed by atoms with Crippen molar-refractivity contribution in [3.8, 4) is 0 Å². The normalized spacial score (nSPS) is 17.3. The van der Waals surface area contributed by atoms with Crippen LogP contribution in [-0.2, 0) is 0 Å². The van der Waals surface area contributed by atoms with Gasteiger partial charge in [-0.25, -0.2) is 0 Å². The molecule has 100 valence electrons. The van der Waals surface area contributed by atoms with Gasteiger partial charge in [0.1, 0.15) is 0 Å². The molecular weight excluding hydrogens is 230 g/mol. The lowest BCUT2D eigenvalue weighted by atomic mass is 9.77. The van der Waals surface area contributed by atoms with E-state index in [4.69, 9.17) is 0 Å². The molecule has 1 heteroatoms. The molecule has 0 saturated heterocycles. The molecule has 3 rings (SSSR count). The number of benzene rings is 2. The minimum absolute atomic E-state index is 0.554. The highest BCUT2D eigenvalue weighted by Crippen LogP contribution is 2.38. The Morgan fingerprint density at radius 3 is 2.58 bits per heavy atom. The van der Waals surface area contributed by atoms with Gasteiger partial charge in [0.05, 0.1) is 0 Å². The molecule has 1 aliphatic rings. The lowest BCUT2D eigenvalue weighted by Crippen LogP contribution is -2.32. The van der Waals surface area contributed by atoms with Gasteiger partial charge in [-0.3, -0.25) is 0 Å². The van der Waals surface area contributed by atoms with Gasteiger partial charge in [-0.2, -0.15) is 0 Å². The second-order valence-corrected chi connectivity index (χ2v) is 5.73. The van der Waals surface area contributed by atoms with E-state index in [1.54, 1.807) is 0 Å². The van der Waals surface area contributed by atoms with Crippen molar-refractivity contribution in [2.45, 2.75) is 38.6 Å². The van der Waals surface area contributed by atoms with Crippen LogP contribution in [0, 0.1) is 5.92 Å². The minimum Gasteiger partial charge on any atom is -0.310 e. The molecule has 0 spiro atoms. The fourth-order valence-corrected chi connectivity index (χ4v) is 3.03. The third kappa shape index (κ3) is 2.66. The van der Waals surface area contributed by atoms with Crippen LogP contribution < -0.4 is 5.32 Å². The van der Waals surface area contributed by atoms with Crippen LogP contribution in [0.25, 0.3) is 10.8 Å². The van der Waals surface area contributed by atoms with Crippen LogP contribution in [0.2, 0.25) is 0 Å². The van der Waals surface area contributed by atoms with E-state index in [2.05, 4.69) is 54.7 Å². The van der Waals surface area contributed by atoms with Crippen molar-refractivity contribution >= 4 is 10.8 Å². The fraction of sp³-hybridized carbons (Fsp3) is 0.444. The third-order valence-electron chi connectivity index (χ3n) is 4.37.